The largest absolute Gasteiger partial charge is 0.391 e. The molecule has 1 amide bonds. The van der Waals surface area contributed by atoms with Crippen LogP contribution in [0, 0.1) is 12.7 Å². The van der Waals surface area contributed by atoms with Gasteiger partial charge >= 0.3 is 0 Å². The maximum atomic E-state index is 13.5. The first-order valence-electron chi connectivity index (χ1n) is 6.33. The van der Waals surface area contributed by atoms with E-state index in [0.717, 1.165) is 24.8 Å². The van der Waals surface area contributed by atoms with Crippen molar-refractivity contribution in [3.05, 3.63) is 35.1 Å². The van der Waals surface area contributed by atoms with Gasteiger partial charge in [-0.3, -0.25) is 4.79 Å². The molecule has 2 unspecified atom stereocenters. The van der Waals surface area contributed by atoms with Gasteiger partial charge in [0.15, 0.2) is 0 Å². The SMILES string of the molecule is Cc1ccc(F)c(C(=O)NC2CCCCC2O)c1. The van der Waals surface area contributed by atoms with Gasteiger partial charge in [0.1, 0.15) is 5.82 Å². The Morgan fingerprint density at radius 3 is 2.83 bits per heavy atom. The van der Waals surface area contributed by atoms with Gasteiger partial charge < -0.3 is 10.4 Å². The van der Waals surface area contributed by atoms with Crippen LogP contribution >= 0.6 is 0 Å². The standard InChI is InChI=1S/C14H18FNO2/c1-9-6-7-11(15)10(8-9)14(18)16-12-4-2-3-5-13(12)17/h6-8,12-13,17H,2-5H2,1H3,(H,16,18). The second-order valence-corrected chi connectivity index (χ2v) is 4.92. The predicted molar refractivity (Wildman–Crippen MR) is 66.9 cm³/mol. The molecular weight excluding hydrogens is 233 g/mol. The zero-order chi connectivity index (χ0) is 13.1. The highest BCUT2D eigenvalue weighted by Gasteiger charge is 2.25. The molecule has 0 radical (unpaired) electrons. The number of hydrogen-bond donors (Lipinski definition) is 2. The van der Waals surface area contributed by atoms with Crippen molar-refractivity contribution >= 4 is 5.91 Å². The Hall–Kier alpha value is -1.42. The zero-order valence-corrected chi connectivity index (χ0v) is 10.4. The van der Waals surface area contributed by atoms with Gasteiger partial charge in [0.05, 0.1) is 17.7 Å². The van der Waals surface area contributed by atoms with Crippen molar-refractivity contribution in [2.45, 2.75) is 44.8 Å². The van der Waals surface area contributed by atoms with Crippen LogP contribution in [0.1, 0.15) is 41.6 Å². The minimum Gasteiger partial charge on any atom is -0.391 e. The Kier molecular flexibility index (Phi) is 3.97. The van der Waals surface area contributed by atoms with E-state index in [-0.39, 0.29) is 11.6 Å². The van der Waals surface area contributed by atoms with E-state index in [9.17, 15) is 14.3 Å². The van der Waals surface area contributed by atoms with E-state index in [1.54, 1.807) is 6.07 Å². The number of aryl methyl sites for hydroxylation is 1. The third kappa shape index (κ3) is 2.88. The molecule has 1 saturated carbocycles. The molecule has 0 aromatic heterocycles. The van der Waals surface area contributed by atoms with Gasteiger partial charge in [0, 0.05) is 0 Å². The van der Waals surface area contributed by atoms with Gasteiger partial charge in [0.2, 0.25) is 0 Å². The van der Waals surface area contributed by atoms with Gasteiger partial charge in [-0.1, -0.05) is 24.5 Å². The van der Waals surface area contributed by atoms with Crippen LogP contribution < -0.4 is 5.32 Å². The van der Waals surface area contributed by atoms with Crippen molar-refractivity contribution < 1.29 is 14.3 Å². The number of hydrogen-bond acceptors (Lipinski definition) is 2. The lowest BCUT2D eigenvalue weighted by Crippen LogP contribution is -2.45. The molecule has 0 heterocycles. The second-order valence-electron chi connectivity index (χ2n) is 4.92. The number of rotatable bonds is 2. The van der Waals surface area contributed by atoms with E-state index in [1.807, 2.05) is 6.92 Å². The number of amides is 1. The van der Waals surface area contributed by atoms with Crippen LogP contribution in [0.2, 0.25) is 0 Å². The topological polar surface area (TPSA) is 49.3 Å². The summed E-state index contributed by atoms with van der Waals surface area (Å²) in [6, 6.07) is 4.19. The minimum absolute atomic E-state index is 0.0489. The Labute approximate surface area is 106 Å². The molecule has 3 nitrogen and oxygen atoms in total. The van der Waals surface area contributed by atoms with Crippen LogP contribution in [0.15, 0.2) is 18.2 Å². The van der Waals surface area contributed by atoms with Gasteiger partial charge in [-0.2, -0.15) is 0 Å². The molecule has 0 bridgehead atoms. The lowest BCUT2D eigenvalue weighted by Gasteiger charge is -2.28. The molecule has 0 spiro atoms. The van der Waals surface area contributed by atoms with Crippen molar-refractivity contribution in [2.24, 2.45) is 0 Å². The van der Waals surface area contributed by atoms with E-state index in [0.29, 0.717) is 6.42 Å². The van der Waals surface area contributed by atoms with Crippen LogP contribution in [0.4, 0.5) is 4.39 Å². The lowest BCUT2D eigenvalue weighted by atomic mass is 9.92. The van der Waals surface area contributed by atoms with Gasteiger partial charge in [-0.15, -0.1) is 0 Å². The third-order valence-electron chi connectivity index (χ3n) is 3.41. The molecule has 1 aromatic carbocycles. The van der Waals surface area contributed by atoms with Gasteiger partial charge in [-0.05, 0) is 31.9 Å². The molecule has 0 aliphatic heterocycles. The van der Waals surface area contributed by atoms with E-state index in [2.05, 4.69) is 5.32 Å². The summed E-state index contributed by atoms with van der Waals surface area (Å²) in [5, 5.41) is 12.5. The van der Waals surface area contributed by atoms with Crippen molar-refractivity contribution in [3.63, 3.8) is 0 Å². The van der Waals surface area contributed by atoms with Crippen LogP contribution in [0.25, 0.3) is 0 Å². The fraction of sp³-hybridized carbons (Fsp3) is 0.500. The van der Waals surface area contributed by atoms with Crippen LogP contribution in [-0.4, -0.2) is 23.2 Å². The maximum absolute atomic E-state index is 13.5. The molecule has 0 saturated heterocycles. The highest BCUT2D eigenvalue weighted by Crippen LogP contribution is 2.19. The molecule has 2 atom stereocenters. The Morgan fingerprint density at radius 1 is 1.39 bits per heavy atom. The van der Waals surface area contributed by atoms with E-state index < -0.39 is 17.8 Å². The zero-order valence-electron chi connectivity index (χ0n) is 10.4. The van der Waals surface area contributed by atoms with E-state index in [1.165, 1.54) is 12.1 Å². The monoisotopic (exact) mass is 251 g/mol. The van der Waals surface area contributed by atoms with Crippen molar-refractivity contribution in [2.75, 3.05) is 0 Å². The minimum atomic E-state index is -0.525. The molecule has 1 aliphatic carbocycles. The van der Waals surface area contributed by atoms with E-state index in [4.69, 9.17) is 0 Å². The molecule has 98 valence electrons. The number of halogens is 1. The van der Waals surface area contributed by atoms with Crippen molar-refractivity contribution in [1.29, 1.82) is 0 Å². The number of aliphatic hydroxyl groups is 1. The summed E-state index contributed by atoms with van der Waals surface area (Å²) < 4.78 is 13.5. The molecule has 18 heavy (non-hydrogen) atoms. The second kappa shape index (κ2) is 5.48. The highest BCUT2D eigenvalue weighted by molar-refractivity contribution is 5.94. The smallest absolute Gasteiger partial charge is 0.254 e. The molecule has 1 fully saturated rings. The fourth-order valence-corrected chi connectivity index (χ4v) is 2.34. The van der Waals surface area contributed by atoms with Gasteiger partial charge in [-0.25, -0.2) is 4.39 Å². The van der Waals surface area contributed by atoms with Crippen LogP contribution in [0.5, 0.6) is 0 Å². The lowest BCUT2D eigenvalue weighted by molar-refractivity contribution is 0.0714. The number of nitrogens with one attached hydrogen (secondary N) is 1. The molecule has 2 N–H and O–H groups in total. The van der Waals surface area contributed by atoms with Crippen LogP contribution in [-0.2, 0) is 0 Å². The van der Waals surface area contributed by atoms with Gasteiger partial charge in [0.25, 0.3) is 5.91 Å². The highest BCUT2D eigenvalue weighted by atomic mass is 19.1. The Bertz CT molecular complexity index is 447. The normalized spacial score (nSPS) is 23.7. The summed E-state index contributed by atoms with van der Waals surface area (Å²) >= 11 is 0. The maximum Gasteiger partial charge on any atom is 0.254 e. The quantitative estimate of drug-likeness (QED) is 0.846. The average molecular weight is 251 g/mol. The molecule has 4 heteroatoms. The summed E-state index contributed by atoms with van der Waals surface area (Å²) in [4.78, 5) is 12.0. The number of carbonyl (C=O) groups excluding carboxylic acids is 1. The van der Waals surface area contributed by atoms with Crippen molar-refractivity contribution in [3.8, 4) is 0 Å². The first-order chi connectivity index (χ1) is 8.58. The summed E-state index contributed by atoms with van der Waals surface area (Å²) in [5.74, 6) is -0.967. The Balaban J connectivity index is 2.09. The number of aliphatic hydroxyl groups excluding tert-OH is 1. The molecular formula is C14H18FNO2. The molecule has 1 aliphatic rings. The summed E-state index contributed by atoms with van der Waals surface area (Å²) in [7, 11) is 0. The predicted octanol–water partition coefficient (Wildman–Crippen LogP) is 2.17. The summed E-state index contributed by atoms with van der Waals surface area (Å²) in [6.07, 6.45) is 2.89. The first kappa shape index (κ1) is 13.0. The summed E-state index contributed by atoms with van der Waals surface area (Å²) in [6.45, 7) is 1.81. The fourth-order valence-electron chi connectivity index (χ4n) is 2.34. The van der Waals surface area contributed by atoms with Crippen molar-refractivity contribution in [1.82, 2.24) is 5.32 Å². The van der Waals surface area contributed by atoms with Crippen LogP contribution in [0.3, 0.4) is 0 Å². The van der Waals surface area contributed by atoms with E-state index >= 15 is 0 Å². The average Bonchev–Trinajstić information content (AvgIpc) is 2.35. The number of benzene rings is 1. The third-order valence-corrected chi connectivity index (χ3v) is 3.41. The molecule has 1 aromatic rings. The molecule has 2 rings (SSSR count). The Morgan fingerprint density at radius 2 is 2.11 bits per heavy atom. The first-order valence-corrected chi connectivity index (χ1v) is 6.33. The summed E-state index contributed by atoms with van der Waals surface area (Å²) in [5.41, 5.74) is 0.888. The number of carbonyl (C=O) groups is 1.